The average molecular weight is 229 g/mol. The average Bonchev–Trinajstić information content (AvgIpc) is 2.16. The van der Waals surface area contributed by atoms with Crippen LogP contribution in [-0.4, -0.2) is 35.6 Å². The number of carbonyl (C=O) groups excluding carboxylic acids is 1. The van der Waals surface area contributed by atoms with E-state index in [4.69, 9.17) is 4.74 Å². The third-order valence-electron chi connectivity index (χ3n) is 2.69. The van der Waals surface area contributed by atoms with Gasteiger partial charge in [0.1, 0.15) is 0 Å². The standard InChI is InChI=1S/C13H27NO2/c1-7-12(6)16-9-8-13(15)14(10(2)3)11(4)5/h10-12H,7-9H2,1-6H3. The van der Waals surface area contributed by atoms with Gasteiger partial charge in [-0.15, -0.1) is 0 Å². The minimum absolute atomic E-state index is 0.188. The van der Waals surface area contributed by atoms with Crippen molar-refractivity contribution in [2.75, 3.05) is 6.61 Å². The van der Waals surface area contributed by atoms with Gasteiger partial charge in [0.2, 0.25) is 5.91 Å². The van der Waals surface area contributed by atoms with E-state index in [9.17, 15) is 4.79 Å². The zero-order chi connectivity index (χ0) is 12.7. The van der Waals surface area contributed by atoms with E-state index in [1.807, 2.05) is 39.5 Å². The normalized spacial score (nSPS) is 13.2. The molecule has 0 aliphatic heterocycles. The van der Waals surface area contributed by atoms with E-state index in [0.717, 1.165) is 6.42 Å². The molecule has 0 bridgehead atoms. The van der Waals surface area contributed by atoms with Crippen LogP contribution >= 0.6 is 0 Å². The van der Waals surface area contributed by atoms with E-state index in [2.05, 4.69) is 6.92 Å². The fourth-order valence-corrected chi connectivity index (χ4v) is 1.77. The first-order chi connectivity index (χ1) is 7.40. The van der Waals surface area contributed by atoms with E-state index in [1.165, 1.54) is 0 Å². The van der Waals surface area contributed by atoms with Crippen molar-refractivity contribution in [3.05, 3.63) is 0 Å². The molecule has 0 rings (SSSR count). The molecule has 96 valence electrons. The molecule has 0 aliphatic rings. The number of amides is 1. The summed E-state index contributed by atoms with van der Waals surface area (Å²) in [6.45, 7) is 12.8. The number of nitrogens with zero attached hydrogens (tertiary/aromatic N) is 1. The molecule has 0 aromatic rings. The molecule has 1 unspecified atom stereocenters. The topological polar surface area (TPSA) is 29.5 Å². The molecule has 0 saturated carbocycles. The van der Waals surface area contributed by atoms with Gasteiger partial charge in [-0.1, -0.05) is 6.92 Å². The minimum atomic E-state index is 0.188. The summed E-state index contributed by atoms with van der Waals surface area (Å²) in [5, 5.41) is 0. The Balaban J connectivity index is 4.03. The van der Waals surface area contributed by atoms with Gasteiger partial charge in [0.15, 0.2) is 0 Å². The Kier molecular flexibility index (Phi) is 7.39. The summed E-state index contributed by atoms with van der Waals surface area (Å²) in [6.07, 6.45) is 1.73. The number of hydrogen-bond acceptors (Lipinski definition) is 2. The van der Waals surface area contributed by atoms with Gasteiger partial charge in [0, 0.05) is 12.1 Å². The first kappa shape index (κ1) is 15.4. The lowest BCUT2D eigenvalue weighted by Gasteiger charge is -2.31. The highest BCUT2D eigenvalue weighted by atomic mass is 16.5. The molecule has 0 aromatic heterocycles. The second kappa shape index (κ2) is 7.66. The smallest absolute Gasteiger partial charge is 0.225 e. The van der Waals surface area contributed by atoms with Gasteiger partial charge in [0.25, 0.3) is 0 Å². The molecule has 1 atom stereocenters. The van der Waals surface area contributed by atoms with Crippen molar-refractivity contribution in [3.63, 3.8) is 0 Å². The molecular formula is C13H27NO2. The van der Waals surface area contributed by atoms with Crippen LogP contribution in [0.4, 0.5) is 0 Å². The molecule has 0 fully saturated rings. The van der Waals surface area contributed by atoms with Crippen molar-refractivity contribution in [3.8, 4) is 0 Å². The SMILES string of the molecule is CCC(C)OCCC(=O)N(C(C)C)C(C)C. The summed E-state index contributed by atoms with van der Waals surface area (Å²) in [5.74, 6) is 0.188. The van der Waals surface area contributed by atoms with Crippen LogP contribution in [0.1, 0.15) is 54.4 Å². The fourth-order valence-electron chi connectivity index (χ4n) is 1.77. The maximum atomic E-state index is 11.9. The monoisotopic (exact) mass is 229 g/mol. The predicted octanol–water partition coefficient (Wildman–Crippen LogP) is 2.84. The minimum Gasteiger partial charge on any atom is -0.378 e. The molecule has 0 heterocycles. The Morgan fingerprint density at radius 2 is 1.62 bits per heavy atom. The highest BCUT2D eigenvalue weighted by Gasteiger charge is 2.19. The summed E-state index contributed by atoms with van der Waals surface area (Å²) in [6, 6.07) is 0.521. The molecule has 1 amide bonds. The molecule has 0 saturated heterocycles. The third kappa shape index (κ3) is 5.50. The van der Waals surface area contributed by atoms with Crippen LogP contribution in [0, 0.1) is 0 Å². The second-order valence-electron chi connectivity index (χ2n) is 4.83. The number of rotatable bonds is 7. The van der Waals surface area contributed by atoms with Crippen LogP contribution in [0.15, 0.2) is 0 Å². The van der Waals surface area contributed by atoms with Crippen LogP contribution in [-0.2, 0) is 9.53 Å². The van der Waals surface area contributed by atoms with Crippen LogP contribution < -0.4 is 0 Å². The Hall–Kier alpha value is -0.570. The number of ether oxygens (including phenoxy) is 1. The molecule has 3 nitrogen and oxygen atoms in total. The summed E-state index contributed by atoms with van der Waals surface area (Å²) in [5.41, 5.74) is 0. The Morgan fingerprint density at radius 3 is 2.00 bits per heavy atom. The Morgan fingerprint density at radius 1 is 1.12 bits per heavy atom. The van der Waals surface area contributed by atoms with Crippen molar-refractivity contribution >= 4 is 5.91 Å². The Labute approximate surface area is 100 Å². The lowest BCUT2D eigenvalue weighted by atomic mass is 10.2. The molecule has 0 aliphatic carbocycles. The number of hydrogen-bond donors (Lipinski definition) is 0. The van der Waals surface area contributed by atoms with Gasteiger partial charge in [-0.3, -0.25) is 4.79 Å². The summed E-state index contributed by atoms with van der Waals surface area (Å²) >= 11 is 0. The van der Waals surface area contributed by atoms with Gasteiger partial charge in [0.05, 0.1) is 19.1 Å². The summed E-state index contributed by atoms with van der Waals surface area (Å²) in [4.78, 5) is 13.9. The summed E-state index contributed by atoms with van der Waals surface area (Å²) in [7, 11) is 0. The van der Waals surface area contributed by atoms with Crippen molar-refractivity contribution in [2.24, 2.45) is 0 Å². The van der Waals surface area contributed by atoms with E-state index in [-0.39, 0.29) is 24.1 Å². The lowest BCUT2D eigenvalue weighted by molar-refractivity contribution is -0.136. The molecular weight excluding hydrogens is 202 g/mol. The Bertz CT molecular complexity index is 194. The van der Waals surface area contributed by atoms with Crippen LogP contribution in [0.3, 0.4) is 0 Å². The van der Waals surface area contributed by atoms with Gasteiger partial charge < -0.3 is 9.64 Å². The maximum Gasteiger partial charge on any atom is 0.225 e. The van der Waals surface area contributed by atoms with Crippen molar-refractivity contribution < 1.29 is 9.53 Å². The molecule has 0 radical (unpaired) electrons. The summed E-state index contributed by atoms with van der Waals surface area (Å²) < 4.78 is 5.52. The fraction of sp³-hybridized carbons (Fsp3) is 0.923. The molecule has 16 heavy (non-hydrogen) atoms. The molecule has 0 spiro atoms. The predicted molar refractivity (Wildman–Crippen MR) is 67.4 cm³/mol. The molecule has 0 aromatic carbocycles. The lowest BCUT2D eigenvalue weighted by Crippen LogP contribution is -2.42. The molecule has 0 N–H and O–H groups in total. The largest absolute Gasteiger partial charge is 0.378 e. The van der Waals surface area contributed by atoms with E-state index in [1.54, 1.807) is 0 Å². The zero-order valence-electron chi connectivity index (χ0n) is 11.6. The van der Waals surface area contributed by atoms with E-state index >= 15 is 0 Å². The van der Waals surface area contributed by atoms with Crippen LogP contribution in [0.5, 0.6) is 0 Å². The van der Waals surface area contributed by atoms with Crippen LogP contribution in [0.25, 0.3) is 0 Å². The van der Waals surface area contributed by atoms with Crippen molar-refractivity contribution in [2.45, 2.75) is 72.6 Å². The van der Waals surface area contributed by atoms with E-state index < -0.39 is 0 Å². The highest BCUT2D eigenvalue weighted by molar-refractivity contribution is 5.76. The van der Waals surface area contributed by atoms with Gasteiger partial charge >= 0.3 is 0 Å². The maximum absolute atomic E-state index is 11.9. The number of carbonyl (C=O) groups is 1. The quantitative estimate of drug-likeness (QED) is 0.672. The second-order valence-corrected chi connectivity index (χ2v) is 4.83. The third-order valence-corrected chi connectivity index (χ3v) is 2.69. The van der Waals surface area contributed by atoms with Gasteiger partial charge in [-0.25, -0.2) is 0 Å². The molecule has 3 heteroatoms. The van der Waals surface area contributed by atoms with Gasteiger partial charge in [-0.2, -0.15) is 0 Å². The van der Waals surface area contributed by atoms with Crippen LogP contribution in [0.2, 0.25) is 0 Å². The van der Waals surface area contributed by atoms with Crippen molar-refractivity contribution in [1.82, 2.24) is 4.90 Å². The zero-order valence-corrected chi connectivity index (χ0v) is 11.6. The van der Waals surface area contributed by atoms with Gasteiger partial charge in [-0.05, 0) is 41.0 Å². The van der Waals surface area contributed by atoms with Crippen molar-refractivity contribution in [1.29, 1.82) is 0 Å². The highest BCUT2D eigenvalue weighted by Crippen LogP contribution is 2.08. The first-order valence-corrected chi connectivity index (χ1v) is 6.32. The first-order valence-electron chi connectivity index (χ1n) is 6.32. The van der Waals surface area contributed by atoms with E-state index in [0.29, 0.717) is 13.0 Å².